The summed E-state index contributed by atoms with van der Waals surface area (Å²) in [4.78, 5) is 12.4. The van der Waals surface area contributed by atoms with Crippen LogP contribution in [0, 0.1) is 5.82 Å². The number of hydrogen-bond acceptors (Lipinski definition) is 2. The highest BCUT2D eigenvalue weighted by Crippen LogP contribution is 2.17. The molecule has 0 aliphatic carbocycles. The molecule has 5 heteroatoms. The van der Waals surface area contributed by atoms with Gasteiger partial charge < -0.3 is 15.0 Å². The van der Waals surface area contributed by atoms with Gasteiger partial charge in [-0.25, -0.2) is 4.39 Å². The highest BCUT2D eigenvalue weighted by atomic mass is 19.1. The maximum absolute atomic E-state index is 13.5. The van der Waals surface area contributed by atoms with E-state index >= 15 is 0 Å². The molecule has 1 aromatic rings. The molecule has 4 nitrogen and oxygen atoms in total. The SMILES string of the molecule is COc1ccc(C[NH+]2CCNC(=O)C2)cc1F. The lowest BCUT2D eigenvalue weighted by atomic mass is 10.2. The van der Waals surface area contributed by atoms with Crippen molar-refractivity contribution in [3.05, 3.63) is 29.6 Å². The fourth-order valence-electron chi connectivity index (χ4n) is 2.02. The van der Waals surface area contributed by atoms with E-state index in [9.17, 15) is 9.18 Å². The average Bonchev–Trinajstić information content (AvgIpc) is 2.29. The van der Waals surface area contributed by atoms with E-state index in [0.717, 1.165) is 17.0 Å². The number of nitrogens with one attached hydrogen (secondary N) is 2. The van der Waals surface area contributed by atoms with Crippen LogP contribution < -0.4 is 15.0 Å². The molecule has 1 saturated heterocycles. The molecular weight excluding hydrogens is 223 g/mol. The summed E-state index contributed by atoms with van der Waals surface area (Å²) in [6.45, 7) is 2.67. The Balaban J connectivity index is 2.03. The molecule has 2 N–H and O–H groups in total. The number of carbonyl (C=O) groups is 1. The van der Waals surface area contributed by atoms with Gasteiger partial charge in [0.05, 0.1) is 20.2 Å². The standard InChI is InChI=1S/C12H15FN2O2/c1-17-11-3-2-9(6-10(11)13)7-15-5-4-14-12(16)8-15/h2-3,6H,4-5,7-8H2,1H3,(H,14,16)/p+1. The van der Waals surface area contributed by atoms with Crippen LogP contribution in [0.25, 0.3) is 0 Å². The normalized spacial score (nSPS) is 19.9. The van der Waals surface area contributed by atoms with Gasteiger partial charge in [0.25, 0.3) is 5.91 Å². The van der Waals surface area contributed by atoms with Crippen molar-refractivity contribution in [3.63, 3.8) is 0 Å². The molecule has 1 atom stereocenters. The second kappa shape index (κ2) is 5.14. The molecule has 0 spiro atoms. The van der Waals surface area contributed by atoms with Crippen molar-refractivity contribution in [1.82, 2.24) is 5.32 Å². The molecule has 1 aliphatic heterocycles. The van der Waals surface area contributed by atoms with E-state index in [1.54, 1.807) is 6.07 Å². The molecule has 1 unspecified atom stereocenters. The van der Waals surface area contributed by atoms with Crippen molar-refractivity contribution in [2.45, 2.75) is 6.54 Å². The number of rotatable bonds is 3. The van der Waals surface area contributed by atoms with Gasteiger partial charge in [-0.1, -0.05) is 0 Å². The van der Waals surface area contributed by atoms with Crippen molar-refractivity contribution in [2.24, 2.45) is 0 Å². The fourth-order valence-corrected chi connectivity index (χ4v) is 2.02. The topological polar surface area (TPSA) is 42.8 Å². The number of piperazine rings is 1. The average molecular weight is 239 g/mol. The molecular formula is C12H16FN2O2+. The maximum atomic E-state index is 13.5. The van der Waals surface area contributed by atoms with E-state index in [0.29, 0.717) is 19.6 Å². The Hall–Kier alpha value is -1.62. The largest absolute Gasteiger partial charge is 0.494 e. The first-order valence-corrected chi connectivity index (χ1v) is 5.61. The van der Waals surface area contributed by atoms with Gasteiger partial charge in [-0.2, -0.15) is 0 Å². The maximum Gasteiger partial charge on any atom is 0.275 e. The first-order valence-electron chi connectivity index (χ1n) is 5.61. The molecule has 1 aromatic carbocycles. The van der Waals surface area contributed by atoms with E-state index in [-0.39, 0.29) is 17.5 Å². The summed E-state index contributed by atoms with van der Waals surface area (Å²) in [5.41, 5.74) is 0.882. The zero-order chi connectivity index (χ0) is 12.3. The van der Waals surface area contributed by atoms with Crippen molar-refractivity contribution in [2.75, 3.05) is 26.7 Å². The lowest BCUT2D eigenvalue weighted by molar-refractivity contribution is -0.907. The van der Waals surface area contributed by atoms with Crippen LogP contribution >= 0.6 is 0 Å². The fraction of sp³-hybridized carbons (Fsp3) is 0.417. The number of benzene rings is 1. The third-order valence-electron chi connectivity index (χ3n) is 2.88. The third-order valence-corrected chi connectivity index (χ3v) is 2.88. The van der Waals surface area contributed by atoms with E-state index in [1.165, 1.54) is 13.2 Å². The minimum Gasteiger partial charge on any atom is -0.494 e. The molecule has 92 valence electrons. The first kappa shape index (κ1) is 11.9. The third kappa shape index (κ3) is 2.94. The van der Waals surface area contributed by atoms with Gasteiger partial charge in [-0.05, 0) is 18.2 Å². The lowest BCUT2D eigenvalue weighted by Gasteiger charge is -2.23. The minimum atomic E-state index is -0.356. The van der Waals surface area contributed by atoms with Gasteiger partial charge in [0.2, 0.25) is 0 Å². The zero-order valence-electron chi connectivity index (χ0n) is 9.75. The van der Waals surface area contributed by atoms with Crippen LogP contribution in [0.15, 0.2) is 18.2 Å². The second-order valence-electron chi connectivity index (χ2n) is 4.17. The van der Waals surface area contributed by atoms with E-state index in [1.807, 2.05) is 6.07 Å². The van der Waals surface area contributed by atoms with E-state index < -0.39 is 0 Å². The first-order chi connectivity index (χ1) is 8.19. The van der Waals surface area contributed by atoms with Crippen LogP contribution in [0.2, 0.25) is 0 Å². The highest BCUT2D eigenvalue weighted by Gasteiger charge is 2.20. The molecule has 0 radical (unpaired) electrons. The number of methoxy groups -OCH3 is 1. The van der Waals surface area contributed by atoms with Crippen LogP contribution in [0.3, 0.4) is 0 Å². The molecule has 1 heterocycles. The van der Waals surface area contributed by atoms with Gasteiger partial charge in [0, 0.05) is 5.56 Å². The van der Waals surface area contributed by atoms with Crippen LogP contribution in [0.1, 0.15) is 5.56 Å². The van der Waals surface area contributed by atoms with Crippen molar-refractivity contribution >= 4 is 5.91 Å². The monoisotopic (exact) mass is 239 g/mol. The Morgan fingerprint density at radius 2 is 2.35 bits per heavy atom. The summed E-state index contributed by atoms with van der Waals surface area (Å²) in [5.74, 6) is -0.0498. The lowest BCUT2D eigenvalue weighted by Crippen LogP contribution is -3.14. The number of amides is 1. The van der Waals surface area contributed by atoms with Crippen LogP contribution in [-0.4, -0.2) is 32.7 Å². The number of hydrogen-bond donors (Lipinski definition) is 2. The predicted octanol–water partition coefficient (Wildman–Crippen LogP) is -0.651. The molecule has 0 saturated carbocycles. The van der Waals surface area contributed by atoms with Gasteiger partial charge in [-0.3, -0.25) is 4.79 Å². The number of ether oxygens (including phenoxy) is 1. The van der Waals surface area contributed by atoms with E-state index in [2.05, 4.69) is 5.32 Å². The van der Waals surface area contributed by atoms with Crippen LogP contribution in [0.5, 0.6) is 5.75 Å². The smallest absolute Gasteiger partial charge is 0.275 e. The summed E-state index contributed by atoms with van der Waals surface area (Å²) in [7, 11) is 1.44. The number of quaternary nitrogens is 1. The quantitative estimate of drug-likeness (QED) is 0.736. The van der Waals surface area contributed by atoms with E-state index in [4.69, 9.17) is 4.74 Å². The van der Waals surface area contributed by atoms with Crippen molar-refractivity contribution in [3.8, 4) is 5.75 Å². The molecule has 1 aliphatic rings. The molecule has 0 aromatic heterocycles. The van der Waals surface area contributed by atoms with Gasteiger partial charge in [-0.15, -0.1) is 0 Å². The highest BCUT2D eigenvalue weighted by molar-refractivity contribution is 5.77. The molecule has 1 amide bonds. The summed E-state index contributed by atoms with van der Waals surface area (Å²) in [6.07, 6.45) is 0. The summed E-state index contributed by atoms with van der Waals surface area (Å²) < 4.78 is 18.3. The van der Waals surface area contributed by atoms with Gasteiger partial charge in [0.15, 0.2) is 18.1 Å². The van der Waals surface area contributed by atoms with Gasteiger partial charge in [0.1, 0.15) is 6.54 Å². The molecule has 17 heavy (non-hydrogen) atoms. The number of halogens is 1. The Morgan fingerprint density at radius 3 is 3.00 bits per heavy atom. The summed E-state index contributed by atoms with van der Waals surface area (Å²) in [5, 5.41) is 2.77. The van der Waals surface area contributed by atoms with Crippen molar-refractivity contribution < 1.29 is 18.8 Å². The molecule has 0 bridgehead atoms. The number of carbonyl (C=O) groups excluding carboxylic acids is 1. The minimum absolute atomic E-state index is 0.0558. The Morgan fingerprint density at radius 1 is 1.53 bits per heavy atom. The predicted molar refractivity (Wildman–Crippen MR) is 60.4 cm³/mol. The zero-order valence-corrected chi connectivity index (χ0v) is 9.75. The molecule has 2 rings (SSSR count). The Bertz CT molecular complexity index is 423. The Labute approximate surface area is 99.4 Å². The van der Waals surface area contributed by atoms with Crippen LogP contribution in [-0.2, 0) is 11.3 Å². The van der Waals surface area contributed by atoms with Crippen molar-refractivity contribution in [1.29, 1.82) is 0 Å². The van der Waals surface area contributed by atoms with Crippen LogP contribution in [0.4, 0.5) is 4.39 Å². The second-order valence-corrected chi connectivity index (χ2v) is 4.17. The Kier molecular flexibility index (Phi) is 3.58. The summed E-state index contributed by atoms with van der Waals surface area (Å²) >= 11 is 0. The summed E-state index contributed by atoms with van der Waals surface area (Å²) in [6, 6.07) is 4.92. The molecule has 1 fully saturated rings. The van der Waals surface area contributed by atoms with Gasteiger partial charge >= 0.3 is 0 Å².